The fourth-order valence-corrected chi connectivity index (χ4v) is 5.89. The second-order valence-electron chi connectivity index (χ2n) is 9.68. The van der Waals surface area contributed by atoms with Gasteiger partial charge in [-0.25, -0.2) is 4.98 Å². The monoisotopic (exact) mass is 513 g/mol. The maximum absolute atomic E-state index is 5.36. The zero-order chi connectivity index (χ0) is 25.6. The standard InChI is InChI=1S/C31H35N3O2S/c1-22-6-4-5-7-26(22)21-34-18-16-23(17-19-34)20-32-31-33-29(24-8-12-27(35-2)13-9-24)30(37-31)25-10-14-28(36-3)15-11-25/h4-15,23H,16-21H2,1-3H3,(H,32,33). The van der Waals surface area contributed by atoms with Crippen molar-refractivity contribution in [3.8, 4) is 33.2 Å². The van der Waals surface area contributed by atoms with Crippen LogP contribution in [0.15, 0.2) is 72.8 Å². The van der Waals surface area contributed by atoms with Crippen molar-refractivity contribution in [2.75, 3.05) is 39.2 Å². The van der Waals surface area contributed by atoms with Crippen LogP contribution in [0.2, 0.25) is 0 Å². The highest BCUT2D eigenvalue weighted by Gasteiger charge is 2.21. The van der Waals surface area contributed by atoms with Crippen LogP contribution in [0.4, 0.5) is 5.13 Å². The summed E-state index contributed by atoms with van der Waals surface area (Å²) in [4.78, 5) is 8.79. The van der Waals surface area contributed by atoms with E-state index < -0.39 is 0 Å². The topological polar surface area (TPSA) is 46.6 Å². The molecule has 0 bridgehead atoms. The lowest BCUT2D eigenvalue weighted by molar-refractivity contribution is 0.182. The van der Waals surface area contributed by atoms with Crippen LogP contribution in [0.1, 0.15) is 24.0 Å². The van der Waals surface area contributed by atoms with E-state index in [1.165, 1.54) is 24.0 Å². The van der Waals surface area contributed by atoms with E-state index in [1.54, 1.807) is 25.6 Å². The first kappa shape index (κ1) is 25.3. The molecular formula is C31H35N3O2S. The number of aryl methyl sites for hydroxylation is 1. The van der Waals surface area contributed by atoms with Gasteiger partial charge in [-0.1, -0.05) is 35.6 Å². The molecule has 0 atom stereocenters. The molecule has 1 N–H and O–H groups in total. The Morgan fingerprint density at radius 3 is 2.11 bits per heavy atom. The molecule has 2 heterocycles. The smallest absolute Gasteiger partial charge is 0.183 e. The van der Waals surface area contributed by atoms with E-state index in [9.17, 15) is 0 Å². The summed E-state index contributed by atoms with van der Waals surface area (Å²) in [7, 11) is 3.38. The molecule has 0 saturated carbocycles. The zero-order valence-corrected chi connectivity index (χ0v) is 22.7. The van der Waals surface area contributed by atoms with Gasteiger partial charge in [0.05, 0.1) is 24.8 Å². The molecule has 192 valence electrons. The average Bonchev–Trinajstić information content (AvgIpc) is 3.38. The van der Waals surface area contributed by atoms with Crippen LogP contribution < -0.4 is 14.8 Å². The molecule has 0 amide bonds. The van der Waals surface area contributed by atoms with Crippen LogP contribution in [-0.4, -0.2) is 43.7 Å². The van der Waals surface area contributed by atoms with E-state index >= 15 is 0 Å². The number of anilines is 1. The van der Waals surface area contributed by atoms with Crippen molar-refractivity contribution < 1.29 is 9.47 Å². The number of aromatic nitrogens is 1. The summed E-state index contributed by atoms with van der Waals surface area (Å²) in [5.41, 5.74) is 6.05. The molecule has 1 aromatic heterocycles. The molecule has 0 spiro atoms. The van der Waals surface area contributed by atoms with Crippen LogP contribution in [-0.2, 0) is 6.54 Å². The first-order chi connectivity index (χ1) is 18.1. The van der Waals surface area contributed by atoms with Gasteiger partial charge in [0.1, 0.15) is 11.5 Å². The number of ether oxygens (including phenoxy) is 2. The molecule has 4 aromatic rings. The summed E-state index contributed by atoms with van der Waals surface area (Å²) < 4.78 is 10.7. The predicted molar refractivity (Wildman–Crippen MR) is 154 cm³/mol. The molecule has 1 saturated heterocycles. The van der Waals surface area contributed by atoms with E-state index in [-0.39, 0.29) is 0 Å². The molecule has 37 heavy (non-hydrogen) atoms. The minimum atomic E-state index is 0.658. The lowest BCUT2D eigenvalue weighted by Crippen LogP contribution is -2.35. The Morgan fingerprint density at radius 1 is 0.865 bits per heavy atom. The van der Waals surface area contributed by atoms with Gasteiger partial charge in [-0.2, -0.15) is 0 Å². The number of hydrogen-bond donors (Lipinski definition) is 1. The number of nitrogens with zero attached hydrogens (tertiary/aromatic N) is 2. The van der Waals surface area contributed by atoms with Crippen LogP contribution >= 0.6 is 11.3 Å². The van der Waals surface area contributed by atoms with Gasteiger partial charge in [0.15, 0.2) is 5.13 Å². The minimum Gasteiger partial charge on any atom is -0.497 e. The third kappa shape index (κ3) is 6.14. The Bertz CT molecular complexity index is 1230. The second-order valence-corrected chi connectivity index (χ2v) is 10.7. The molecule has 1 fully saturated rings. The van der Waals surface area contributed by atoms with Crippen molar-refractivity contribution in [2.45, 2.75) is 26.3 Å². The van der Waals surface area contributed by atoms with Crippen molar-refractivity contribution >= 4 is 16.5 Å². The highest BCUT2D eigenvalue weighted by atomic mass is 32.1. The van der Waals surface area contributed by atoms with Gasteiger partial charge in [-0.3, -0.25) is 4.90 Å². The largest absolute Gasteiger partial charge is 0.497 e. The average molecular weight is 514 g/mol. The number of thiazole rings is 1. The quantitative estimate of drug-likeness (QED) is 0.258. The highest BCUT2D eigenvalue weighted by molar-refractivity contribution is 7.19. The number of rotatable bonds is 9. The number of hydrogen-bond acceptors (Lipinski definition) is 6. The van der Waals surface area contributed by atoms with Crippen LogP contribution in [0, 0.1) is 12.8 Å². The van der Waals surface area contributed by atoms with Crippen LogP contribution in [0.5, 0.6) is 11.5 Å². The summed E-state index contributed by atoms with van der Waals surface area (Å²) in [5, 5.41) is 4.64. The van der Waals surface area contributed by atoms with Crippen molar-refractivity contribution in [1.29, 1.82) is 0 Å². The van der Waals surface area contributed by atoms with Gasteiger partial charge in [-0.15, -0.1) is 0 Å². The van der Waals surface area contributed by atoms with E-state index in [4.69, 9.17) is 14.5 Å². The van der Waals surface area contributed by atoms with Crippen molar-refractivity contribution in [3.05, 3.63) is 83.9 Å². The Balaban J connectivity index is 1.26. The number of likely N-dealkylation sites (tertiary alicyclic amines) is 1. The summed E-state index contributed by atoms with van der Waals surface area (Å²) in [6.07, 6.45) is 2.42. The lowest BCUT2D eigenvalue weighted by atomic mass is 9.96. The highest BCUT2D eigenvalue weighted by Crippen LogP contribution is 2.40. The summed E-state index contributed by atoms with van der Waals surface area (Å²) in [5.74, 6) is 2.36. The summed E-state index contributed by atoms with van der Waals surface area (Å²) in [6, 6.07) is 25.1. The fourth-order valence-electron chi connectivity index (χ4n) is 4.89. The maximum Gasteiger partial charge on any atom is 0.183 e. The third-order valence-electron chi connectivity index (χ3n) is 7.25. The number of methoxy groups -OCH3 is 2. The molecular weight excluding hydrogens is 478 g/mol. The Hall–Kier alpha value is -3.35. The summed E-state index contributed by atoms with van der Waals surface area (Å²) >= 11 is 1.72. The van der Waals surface area contributed by atoms with Gasteiger partial charge in [0, 0.05) is 18.7 Å². The SMILES string of the molecule is COc1ccc(-c2nc(NCC3CCN(Cc4ccccc4C)CC3)sc2-c2ccc(OC)cc2)cc1. The lowest BCUT2D eigenvalue weighted by Gasteiger charge is -2.32. The van der Waals surface area contributed by atoms with Crippen LogP contribution in [0.25, 0.3) is 21.7 Å². The van der Waals surface area contributed by atoms with E-state index in [0.717, 1.165) is 64.5 Å². The first-order valence-electron chi connectivity index (χ1n) is 12.9. The molecule has 0 aliphatic carbocycles. The van der Waals surface area contributed by atoms with Gasteiger partial charge < -0.3 is 14.8 Å². The normalized spacial score (nSPS) is 14.5. The Morgan fingerprint density at radius 2 is 1.49 bits per heavy atom. The van der Waals surface area contributed by atoms with Gasteiger partial charge in [-0.05, 0) is 104 Å². The second kappa shape index (κ2) is 11.8. The van der Waals surface area contributed by atoms with Crippen molar-refractivity contribution in [1.82, 2.24) is 9.88 Å². The number of benzene rings is 3. The van der Waals surface area contributed by atoms with Crippen molar-refractivity contribution in [3.63, 3.8) is 0 Å². The predicted octanol–water partition coefficient (Wildman–Crippen LogP) is 7.13. The van der Waals surface area contributed by atoms with E-state index in [1.807, 2.05) is 24.3 Å². The number of nitrogens with one attached hydrogen (secondary N) is 1. The zero-order valence-electron chi connectivity index (χ0n) is 21.9. The number of piperidine rings is 1. The van der Waals surface area contributed by atoms with Gasteiger partial charge >= 0.3 is 0 Å². The summed E-state index contributed by atoms with van der Waals surface area (Å²) in [6.45, 7) is 6.51. The molecule has 3 aromatic carbocycles. The van der Waals surface area contributed by atoms with Crippen molar-refractivity contribution in [2.24, 2.45) is 5.92 Å². The van der Waals surface area contributed by atoms with Crippen LogP contribution in [0.3, 0.4) is 0 Å². The maximum atomic E-state index is 5.36. The Labute approximate surface area is 224 Å². The molecule has 6 heteroatoms. The molecule has 0 radical (unpaired) electrons. The molecule has 5 rings (SSSR count). The van der Waals surface area contributed by atoms with E-state index in [0.29, 0.717) is 5.92 Å². The molecule has 1 aliphatic heterocycles. The molecule has 1 aliphatic rings. The Kier molecular flexibility index (Phi) is 8.07. The fraction of sp³-hybridized carbons (Fsp3) is 0.323. The third-order valence-corrected chi connectivity index (χ3v) is 8.31. The molecule has 0 unspecified atom stereocenters. The van der Waals surface area contributed by atoms with Gasteiger partial charge in [0.2, 0.25) is 0 Å². The minimum absolute atomic E-state index is 0.658. The van der Waals surface area contributed by atoms with E-state index in [2.05, 4.69) is 65.7 Å². The molecule has 5 nitrogen and oxygen atoms in total. The first-order valence-corrected chi connectivity index (χ1v) is 13.7. The van der Waals surface area contributed by atoms with Gasteiger partial charge in [0.25, 0.3) is 0 Å².